The average molecular weight is 513 g/mol. The lowest BCUT2D eigenvalue weighted by Crippen LogP contribution is -2.64. The Labute approximate surface area is 220 Å². The van der Waals surface area contributed by atoms with E-state index in [0.29, 0.717) is 12.8 Å². The second-order valence-corrected chi connectivity index (χ2v) is 14.6. The molecule has 0 aromatic rings. The standard InChI is InChI=1S/C31H44O6/c1-26(2,3)13-12-22(34)31(9,37)24-20(33)15-28(6)21-11-10-17-18(14-19(32)25(36)27(17,4)5)30(21,8)23(35)16-29(24,28)7/h10,12-14,18,20-21,24,32-33,37H,11,15-16H2,1-9H3/b13-12+/t18-,20?,21+,24+,28+,29-,30+,31+/m1/s1. The van der Waals surface area contributed by atoms with Crippen LogP contribution in [0.3, 0.4) is 0 Å². The predicted molar refractivity (Wildman–Crippen MR) is 141 cm³/mol. The average Bonchev–Trinajstić information content (AvgIpc) is 2.96. The minimum atomic E-state index is -1.85. The van der Waals surface area contributed by atoms with Crippen LogP contribution < -0.4 is 0 Å². The number of carbonyl (C=O) groups is 3. The van der Waals surface area contributed by atoms with Gasteiger partial charge in [-0.2, -0.15) is 0 Å². The lowest BCUT2D eigenvalue weighted by atomic mass is 9.39. The van der Waals surface area contributed by atoms with E-state index in [2.05, 4.69) is 13.0 Å². The topological polar surface area (TPSA) is 112 Å². The molecule has 3 N–H and O–H groups in total. The number of aliphatic hydroxyl groups excluding tert-OH is 2. The van der Waals surface area contributed by atoms with E-state index in [9.17, 15) is 29.7 Å². The van der Waals surface area contributed by atoms with Crippen molar-refractivity contribution in [2.24, 2.45) is 44.8 Å². The van der Waals surface area contributed by atoms with Crippen LogP contribution in [-0.2, 0) is 14.4 Å². The summed E-state index contributed by atoms with van der Waals surface area (Å²) in [7, 11) is 0. The molecule has 0 radical (unpaired) electrons. The second-order valence-electron chi connectivity index (χ2n) is 14.6. The van der Waals surface area contributed by atoms with Crippen molar-refractivity contribution in [3.8, 4) is 0 Å². The van der Waals surface area contributed by atoms with Crippen molar-refractivity contribution in [1.29, 1.82) is 0 Å². The first-order chi connectivity index (χ1) is 16.7. The highest BCUT2D eigenvalue weighted by Gasteiger charge is 2.74. The molecule has 0 heterocycles. The van der Waals surface area contributed by atoms with Crippen LogP contribution in [-0.4, -0.2) is 44.4 Å². The number of aliphatic hydroxyl groups is 3. The van der Waals surface area contributed by atoms with Crippen LogP contribution >= 0.6 is 0 Å². The molecule has 204 valence electrons. The molecule has 0 aliphatic heterocycles. The predicted octanol–water partition coefficient (Wildman–Crippen LogP) is 4.89. The van der Waals surface area contributed by atoms with Crippen LogP contribution in [0.25, 0.3) is 0 Å². The summed E-state index contributed by atoms with van der Waals surface area (Å²) >= 11 is 0. The Kier molecular flexibility index (Phi) is 6.03. The molecule has 6 heteroatoms. The molecule has 37 heavy (non-hydrogen) atoms. The Morgan fingerprint density at radius 3 is 2.22 bits per heavy atom. The van der Waals surface area contributed by atoms with Crippen molar-refractivity contribution >= 4 is 17.3 Å². The van der Waals surface area contributed by atoms with Gasteiger partial charge in [-0.05, 0) is 67.9 Å². The molecular formula is C31H44O6. The van der Waals surface area contributed by atoms with Crippen molar-refractivity contribution in [3.63, 3.8) is 0 Å². The van der Waals surface area contributed by atoms with Crippen molar-refractivity contribution < 1.29 is 29.7 Å². The van der Waals surface area contributed by atoms with Gasteiger partial charge >= 0.3 is 0 Å². The van der Waals surface area contributed by atoms with E-state index in [4.69, 9.17) is 0 Å². The fraction of sp³-hybridized carbons (Fsp3) is 0.710. The fourth-order valence-electron chi connectivity index (χ4n) is 8.62. The Bertz CT molecular complexity index is 1150. The maximum absolute atomic E-state index is 14.2. The maximum Gasteiger partial charge on any atom is 0.206 e. The van der Waals surface area contributed by atoms with E-state index < -0.39 is 51.0 Å². The number of fused-ring (bicyclic) bond motifs is 5. The number of carbonyl (C=O) groups excluding carboxylic acids is 3. The van der Waals surface area contributed by atoms with Crippen LogP contribution in [0.5, 0.6) is 0 Å². The molecule has 2 saturated carbocycles. The number of allylic oxidation sites excluding steroid dienone is 5. The van der Waals surface area contributed by atoms with Gasteiger partial charge in [-0.15, -0.1) is 0 Å². The molecule has 4 aliphatic rings. The molecule has 0 saturated heterocycles. The van der Waals surface area contributed by atoms with E-state index in [1.54, 1.807) is 26.0 Å². The van der Waals surface area contributed by atoms with Gasteiger partial charge in [0.2, 0.25) is 5.78 Å². The SMILES string of the molecule is CC(C)(C)/C=C/C(=O)[C@](C)(O)[C@H]1C(O)C[C@@]2(C)[C@@H]3CC=C4[C@@H](C=C(O)C(=O)C4(C)C)[C@]3(C)C(=O)C[C@]12C. The van der Waals surface area contributed by atoms with Crippen LogP contribution in [0.15, 0.2) is 35.6 Å². The van der Waals surface area contributed by atoms with E-state index in [0.717, 1.165) is 5.57 Å². The summed E-state index contributed by atoms with van der Waals surface area (Å²) in [5.41, 5.74) is -4.45. The van der Waals surface area contributed by atoms with Crippen LogP contribution in [0.4, 0.5) is 0 Å². The van der Waals surface area contributed by atoms with E-state index in [-0.39, 0.29) is 35.1 Å². The monoisotopic (exact) mass is 512 g/mol. The summed E-state index contributed by atoms with van der Waals surface area (Å²) in [6.45, 7) is 16.9. The summed E-state index contributed by atoms with van der Waals surface area (Å²) in [5, 5.41) is 33.7. The minimum absolute atomic E-state index is 0.0187. The van der Waals surface area contributed by atoms with Gasteiger partial charge in [-0.1, -0.05) is 59.3 Å². The Morgan fingerprint density at radius 1 is 1.05 bits per heavy atom. The Morgan fingerprint density at radius 2 is 1.65 bits per heavy atom. The van der Waals surface area contributed by atoms with Gasteiger partial charge in [-0.25, -0.2) is 0 Å². The number of ketones is 3. The lowest BCUT2D eigenvalue weighted by molar-refractivity contribution is -0.179. The van der Waals surface area contributed by atoms with E-state index >= 15 is 0 Å². The number of hydrogen-bond donors (Lipinski definition) is 3. The Hall–Kier alpha value is -2.05. The quantitative estimate of drug-likeness (QED) is 0.367. The molecule has 0 spiro atoms. The normalized spacial score (nSPS) is 42.9. The Balaban J connectivity index is 1.82. The van der Waals surface area contributed by atoms with Gasteiger partial charge in [0.25, 0.3) is 0 Å². The highest BCUT2D eigenvalue weighted by Crippen LogP contribution is 2.73. The first-order valence-electron chi connectivity index (χ1n) is 13.5. The molecule has 4 rings (SSSR count). The summed E-state index contributed by atoms with van der Waals surface area (Å²) in [5.74, 6) is -2.59. The zero-order chi connectivity index (χ0) is 28.1. The zero-order valence-corrected chi connectivity index (χ0v) is 23.8. The highest BCUT2D eigenvalue weighted by molar-refractivity contribution is 6.02. The van der Waals surface area contributed by atoms with Gasteiger partial charge < -0.3 is 15.3 Å². The molecule has 1 unspecified atom stereocenters. The largest absolute Gasteiger partial charge is 0.505 e. The summed E-state index contributed by atoms with van der Waals surface area (Å²) < 4.78 is 0. The van der Waals surface area contributed by atoms with Crippen LogP contribution in [0.1, 0.15) is 81.6 Å². The van der Waals surface area contributed by atoms with Crippen LogP contribution in [0, 0.1) is 44.8 Å². The molecule has 0 aromatic carbocycles. The summed E-state index contributed by atoms with van der Waals surface area (Å²) in [6.07, 6.45) is 6.79. The molecule has 0 amide bonds. The molecule has 6 nitrogen and oxygen atoms in total. The molecule has 0 bridgehead atoms. The number of hydrogen-bond acceptors (Lipinski definition) is 6. The molecule has 8 atom stereocenters. The lowest BCUT2D eigenvalue weighted by Gasteiger charge is -2.63. The smallest absolute Gasteiger partial charge is 0.206 e. The third-order valence-electron chi connectivity index (χ3n) is 10.9. The van der Waals surface area contributed by atoms with Gasteiger partial charge in [0.1, 0.15) is 11.4 Å². The fourth-order valence-corrected chi connectivity index (χ4v) is 8.62. The van der Waals surface area contributed by atoms with Crippen molar-refractivity contribution in [2.75, 3.05) is 0 Å². The first kappa shape index (κ1) is 28.0. The number of rotatable bonds is 3. The summed E-state index contributed by atoms with van der Waals surface area (Å²) in [6, 6.07) is 0. The molecular weight excluding hydrogens is 468 g/mol. The molecule has 4 aliphatic carbocycles. The summed E-state index contributed by atoms with van der Waals surface area (Å²) in [4.78, 5) is 40.3. The van der Waals surface area contributed by atoms with Crippen molar-refractivity contribution in [3.05, 3.63) is 35.6 Å². The minimum Gasteiger partial charge on any atom is -0.505 e. The second kappa shape index (κ2) is 7.98. The molecule has 0 aromatic heterocycles. The maximum atomic E-state index is 14.2. The van der Waals surface area contributed by atoms with E-state index in [1.165, 1.54) is 13.0 Å². The van der Waals surface area contributed by atoms with Gasteiger partial charge in [-0.3, -0.25) is 14.4 Å². The number of Topliss-reactive ketones (excluding diaryl/α,β-unsaturated/α-hetero) is 2. The van der Waals surface area contributed by atoms with Crippen LogP contribution in [0.2, 0.25) is 0 Å². The van der Waals surface area contributed by atoms with Gasteiger partial charge in [0.05, 0.1) is 11.5 Å². The first-order valence-corrected chi connectivity index (χ1v) is 13.5. The zero-order valence-electron chi connectivity index (χ0n) is 23.8. The van der Waals surface area contributed by atoms with Crippen molar-refractivity contribution in [1.82, 2.24) is 0 Å². The molecule has 2 fully saturated rings. The third kappa shape index (κ3) is 3.61. The third-order valence-corrected chi connectivity index (χ3v) is 10.9. The van der Waals surface area contributed by atoms with E-state index in [1.807, 2.05) is 34.6 Å². The van der Waals surface area contributed by atoms with Crippen molar-refractivity contribution in [2.45, 2.75) is 93.3 Å². The van der Waals surface area contributed by atoms with Gasteiger partial charge in [0.15, 0.2) is 11.5 Å². The highest BCUT2D eigenvalue weighted by atomic mass is 16.3. The van der Waals surface area contributed by atoms with Gasteiger partial charge in [0, 0.05) is 23.7 Å².